The Bertz CT molecular complexity index is 608. The van der Waals surface area contributed by atoms with Gasteiger partial charge in [-0.25, -0.2) is 8.42 Å². The van der Waals surface area contributed by atoms with Crippen LogP contribution in [0.15, 0.2) is 35.2 Å². The number of nitrogens with one attached hydrogen (secondary N) is 1. The van der Waals surface area contributed by atoms with E-state index in [2.05, 4.69) is 26.1 Å². The smallest absolute Gasteiger partial charge is 0.243 e. The number of methoxy groups -OCH3 is 1. The highest BCUT2D eigenvalue weighted by molar-refractivity contribution is 7.89. The summed E-state index contributed by atoms with van der Waals surface area (Å²) >= 11 is 0. The number of hydrogen-bond donors (Lipinski definition) is 1. The van der Waals surface area contributed by atoms with Gasteiger partial charge in [-0.1, -0.05) is 18.2 Å². The Kier molecular flexibility index (Phi) is 6.42. The SMILES string of the molecule is COC(C)(C)C[C@@H](C)NC1CCN(S(=O)(=O)c2ccccc2)CC1. The molecule has 0 amide bonds. The Labute approximate surface area is 146 Å². The standard InChI is InChI=1S/C18H30N2O3S/c1-15(14-18(2,3)23-4)19-16-10-12-20(13-11-16)24(21,22)17-8-6-5-7-9-17/h5-9,15-16,19H,10-14H2,1-4H3/t15-/m1/s1. The largest absolute Gasteiger partial charge is 0.379 e. The molecule has 1 N–H and O–H groups in total. The van der Waals surface area contributed by atoms with Crippen molar-refractivity contribution in [1.82, 2.24) is 9.62 Å². The fourth-order valence-corrected chi connectivity index (χ4v) is 4.78. The number of sulfonamides is 1. The van der Waals surface area contributed by atoms with E-state index in [1.165, 1.54) is 0 Å². The second-order valence-corrected chi connectivity index (χ2v) is 9.17. The lowest BCUT2D eigenvalue weighted by atomic mass is 9.98. The van der Waals surface area contributed by atoms with Crippen molar-refractivity contribution in [3.63, 3.8) is 0 Å². The molecular weight excluding hydrogens is 324 g/mol. The van der Waals surface area contributed by atoms with Crippen molar-refractivity contribution in [2.24, 2.45) is 0 Å². The van der Waals surface area contributed by atoms with E-state index < -0.39 is 10.0 Å². The van der Waals surface area contributed by atoms with Crippen molar-refractivity contribution in [2.45, 2.75) is 62.6 Å². The van der Waals surface area contributed by atoms with Gasteiger partial charge < -0.3 is 10.1 Å². The Morgan fingerprint density at radius 2 is 1.83 bits per heavy atom. The molecule has 1 atom stereocenters. The molecule has 6 heteroatoms. The summed E-state index contributed by atoms with van der Waals surface area (Å²) < 4.78 is 32.3. The number of hydrogen-bond acceptors (Lipinski definition) is 4. The number of benzene rings is 1. The average molecular weight is 355 g/mol. The predicted octanol–water partition coefficient (Wildman–Crippen LogP) is 2.63. The minimum atomic E-state index is -3.36. The highest BCUT2D eigenvalue weighted by Gasteiger charge is 2.30. The minimum absolute atomic E-state index is 0.149. The van der Waals surface area contributed by atoms with E-state index in [0.717, 1.165) is 19.3 Å². The van der Waals surface area contributed by atoms with Crippen LogP contribution in [0.3, 0.4) is 0 Å². The molecule has 0 aliphatic carbocycles. The second kappa shape index (κ2) is 7.95. The Balaban J connectivity index is 1.88. The molecule has 5 nitrogen and oxygen atoms in total. The molecule has 1 aromatic rings. The van der Waals surface area contributed by atoms with E-state index in [1.54, 1.807) is 35.7 Å². The molecule has 0 saturated carbocycles. The molecule has 1 heterocycles. The van der Waals surface area contributed by atoms with Gasteiger partial charge in [0.05, 0.1) is 10.5 Å². The molecule has 0 unspecified atom stereocenters. The summed E-state index contributed by atoms with van der Waals surface area (Å²) in [4.78, 5) is 0.381. The van der Waals surface area contributed by atoms with Crippen molar-refractivity contribution in [1.29, 1.82) is 0 Å². The van der Waals surface area contributed by atoms with Gasteiger partial charge in [0.15, 0.2) is 0 Å². The maximum atomic E-state index is 12.6. The van der Waals surface area contributed by atoms with Crippen molar-refractivity contribution in [3.8, 4) is 0 Å². The molecule has 0 aromatic heterocycles. The zero-order chi connectivity index (χ0) is 17.8. The van der Waals surface area contributed by atoms with Crippen molar-refractivity contribution >= 4 is 10.0 Å². The molecular formula is C18H30N2O3S. The topological polar surface area (TPSA) is 58.6 Å². The molecule has 0 bridgehead atoms. The average Bonchev–Trinajstić information content (AvgIpc) is 2.55. The van der Waals surface area contributed by atoms with Crippen LogP contribution in [0.1, 0.15) is 40.0 Å². The maximum absolute atomic E-state index is 12.6. The van der Waals surface area contributed by atoms with Gasteiger partial charge in [-0.3, -0.25) is 0 Å². The first-order chi connectivity index (χ1) is 11.2. The maximum Gasteiger partial charge on any atom is 0.243 e. The van der Waals surface area contributed by atoms with Crippen LogP contribution in [0, 0.1) is 0 Å². The van der Waals surface area contributed by atoms with Gasteiger partial charge in [0.1, 0.15) is 0 Å². The lowest BCUT2D eigenvalue weighted by Crippen LogP contribution is -2.48. The van der Waals surface area contributed by atoms with E-state index in [0.29, 0.717) is 30.1 Å². The first-order valence-corrected chi connectivity index (χ1v) is 10.0. The zero-order valence-corrected chi connectivity index (χ0v) is 16.0. The lowest BCUT2D eigenvalue weighted by Gasteiger charge is -2.35. The Morgan fingerprint density at radius 3 is 2.38 bits per heavy atom. The van der Waals surface area contributed by atoms with Crippen LogP contribution < -0.4 is 5.32 Å². The van der Waals surface area contributed by atoms with Crippen LogP contribution in [-0.2, 0) is 14.8 Å². The van der Waals surface area contributed by atoms with Crippen LogP contribution in [0.2, 0.25) is 0 Å². The normalized spacial score (nSPS) is 19.3. The van der Waals surface area contributed by atoms with Crippen LogP contribution in [0.25, 0.3) is 0 Å². The minimum Gasteiger partial charge on any atom is -0.379 e. The van der Waals surface area contributed by atoms with E-state index in [9.17, 15) is 8.42 Å². The third-order valence-corrected chi connectivity index (χ3v) is 6.62. The fourth-order valence-electron chi connectivity index (χ4n) is 3.29. The van der Waals surface area contributed by atoms with E-state index in [-0.39, 0.29) is 5.60 Å². The van der Waals surface area contributed by atoms with Crippen LogP contribution in [-0.4, -0.2) is 50.6 Å². The highest BCUT2D eigenvalue weighted by Crippen LogP contribution is 2.22. The zero-order valence-electron chi connectivity index (χ0n) is 15.2. The fraction of sp³-hybridized carbons (Fsp3) is 0.667. The van der Waals surface area contributed by atoms with Crippen LogP contribution in [0.5, 0.6) is 0 Å². The first-order valence-electron chi connectivity index (χ1n) is 8.61. The summed E-state index contributed by atoms with van der Waals surface area (Å²) in [5.74, 6) is 0. The molecule has 1 aromatic carbocycles. The molecule has 1 fully saturated rings. The molecule has 0 spiro atoms. The predicted molar refractivity (Wildman–Crippen MR) is 96.5 cm³/mol. The van der Waals surface area contributed by atoms with E-state index >= 15 is 0 Å². The van der Waals surface area contributed by atoms with E-state index in [1.807, 2.05) is 6.07 Å². The van der Waals surface area contributed by atoms with Crippen LogP contribution >= 0.6 is 0 Å². The van der Waals surface area contributed by atoms with Crippen molar-refractivity contribution in [3.05, 3.63) is 30.3 Å². The number of nitrogens with zero attached hydrogens (tertiary/aromatic N) is 1. The highest BCUT2D eigenvalue weighted by atomic mass is 32.2. The van der Waals surface area contributed by atoms with Crippen LogP contribution in [0.4, 0.5) is 0 Å². The summed E-state index contributed by atoms with van der Waals surface area (Å²) in [5, 5.41) is 3.62. The number of piperidine rings is 1. The molecule has 136 valence electrons. The molecule has 1 aliphatic heterocycles. The lowest BCUT2D eigenvalue weighted by molar-refractivity contribution is 0.00720. The summed E-state index contributed by atoms with van der Waals surface area (Å²) in [5.41, 5.74) is -0.149. The summed E-state index contributed by atoms with van der Waals surface area (Å²) in [7, 11) is -1.63. The van der Waals surface area contributed by atoms with Gasteiger partial charge >= 0.3 is 0 Å². The number of ether oxygens (including phenoxy) is 1. The third kappa shape index (κ3) is 5.02. The first kappa shape index (κ1) is 19.4. The monoisotopic (exact) mass is 354 g/mol. The summed E-state index contributed by atoms with van der Waals surface area (Å²) in [6.45, 7) is 7.46. The van der Waals surface area contributed by atoms with Gasteiger partial charge in [-0.15, -0.1) is 0 Å². The summed E-state index contributed by atoms with van der Waals surface area (Å²) in [6.07, 6.45) is 2.60. The number of rotatable bonds is 7. The Hall–Kier alpha value is -0.950. The second-order valence-electron chi connectivity index (χ2n) is 7.23. The molecule has 0 radical (unpaired) electrons. The van der Waals surface area contributed by atoms with Gasteiger partial charge in [-0.05, 0) is 52.2 Å². The van der Waals surface area contributed by atoms with Gasteiger partial charge in [0, 0.05) is 32.3 Å². The molecule has 1 aliphatic rings. The molecule has 2 rings (SSSR count). The van der Waals surface area contributed by atoms with Gasteiger partial charge in [0.25, 0.3) is 0 Å². The van der Waals surface area contributed by atoms with Crippen molar-refractivity contribution < 1.29 is 13.2 Å². The molecule has 1 saturated heterocycles. The molecule has 24 heavy (non-hydrogen) atoms. The summed E-state index contributed by atoms with van der Waals surface area (Å²) in [6, 6.07) is 9.37. The Morgan fingerprint density at radius 1 is 1.25 bits per heavy atom. The van der Waals surface area contributed by atoms with E-state index in [4.69, 9.17) is 4.74 Å². The van der Waals surface area contributed by atoms with Crippen molar-refractivity contribution in [2.75, 3.05) is 20.2 Å². The van der Waals surface area contributed by atoms with Gasteiger partial charge in [0.2, 0.25) is 10.0 Å². The third-order valence-electron chi connectivity index (χ3n) is 4.71. The van der Waals surface area contributed by atoms with Gasteiger partial charge in [-0.2, -0.15) is 4.31 Å². The quantitative estimate of drug-likeness (QED) is 0.818.